The molecule has 3 N–H and O–H groups in total. The van der Waals surface area contributed by atoms with Gasteiger partial charge in [0.1, 0.15) is 0 Å². The molecule has 2 aromatic rings. The fraction of sp³-hybridized carbons (Fsp3) is 0.333. The first-order valence-corrected chi connectivity index (χ1v) is 7.11. The second-order valence-electron chi connectivity index (χ2n) is 4.09. The minimum Gasteiger partial charge on any atom is -0.383 e. The van der Waals surface area contributed by atoms with Crippen molar-refractivity contribution >= 4 is 27.5 Å². The topological polar surface area (TPSA) is 78.0 Å². The molecule has 108 valence electrons. The van der Waals surface area contributed by atoms with Crippen molar-refractivity contribution in [2.24, 2.45) is 5.84 Å². The molecule has 2 heterocycles. The van der Waals surface area contributed by atoms with E-state index in [1.165, 1.54) is 0 Å². The van der Waals surface area contributed by atoms with Crippen LogP contribution in [-0.2, 0) is 11.3 Å². The summed E-state index contributed by atoms with van der Waals surface area (Å²) >= 11 is 9.69. The molecule has 0 spiro atoms. The zero-order valence-corrected chi connectivity index (χ0v) is 13.2. The summed E-state index contributed by atoms with van der Waals surface area (Å²) in [6, 6.07) is 1.53. The van der Waals surface area contributed by atoms with E-state index in [9.17, 15) is 0 Å². The molecule has 0 aliphatic carbocycles. The minimum atomic E-state index is -0.292. The summed E-state index contributed by atoms with van der Waals surface area (Å²) < 4.78 is 7.77. The van der Waals surface area contributed by atoms with Gasteiger partial charge in [-0.15, -0.1) is 0 Å². The zero-order valence-electron chi connectivity index (χ0n) is 10.9. The Morgan fingerprint density at radius 3 is 3.00 bits per heavy atom. The first-order valence-electron chi connectivity index (χ1n) is 5.94. The van der Waals surface area contributed by atoms with E-state index >= 15 is 0 Å². The number of aromatic nitrogens is 3. The van der Waals surface area contributed by atoms with E-state index in [4.69, 9.17) is 22.2 Å². The van der Waals surface area contributed by atoms with E-state index in [-0.39, 0.29) is 6.04 Å². The first kappa shape index (κ1) is 15.4. The number of methoxy groups -OCH3 is 1. The second kappa shape index (κ2) is 7.14. The summed E-state index contributed by atoms with van der Waals surface area (Å²) in [5.41, 5.74) is 4.50. The van der Waals surface area contributed by atoms with Crippen LogP contribution < -0.4 is 11.3 Å². The maximum Gasteiger partial charge on any atom is 0.0905 e. The summed E-state index contributed by atoms with van der Waals surface area (Å²) in [5.74, 6) is 5.71. The molecule has 1 unspecified atom stereocenters. The number of nitrogens with zero attached hydrogens (tertiary/aromatic N) is 3. The van der Waals surface area contributed by atoms with Crippen molar-refractivity contribution in [3.05, 3.63) is 45.4 Å². The minimum absolute atomic E-state index is 0.292. The van der Waals surface area contributed by atoms with Gasteiger partial charge in [-0.25, -0.2) is 5.43 Å². The molecule has 0 radical (unpaired) electrons. The zero-order chi connectivity index (χ0) is 14.5. The van der Waals surface area contributed by atoms with Crippen LogP contribution in [0.25, 0.3) is 0 Å². The van der Waals surface area contributed by atoms with Gasteiger partial charge in [-0.1, -0.05) is 11.6 Å². The van der Waals surface area contributed by atoms with E-state index < -0.39 is 0 Å². The van der Waals surface area contributed by atoms with Crippen LogP contribution >= 0.6 is 27.5 Å². The Hall–Kier alpha value is -0.990. The van der Waals surface area contributed by atoms with Crippen molar-refractivity contribution in [1.29, 1.82) is 0 Å². The molecule has 0 saturated carbocycles. The van der Waals surface area contributed by atoms with Crippen molar-refractivity contribution in [2.75, 3.05) is 13.7 Å². The van der Waals surface area contributed by atoms with Gasteiger partial charge in [-0.2, -0.15) is 5.10 Å². The van der Waals surface area contributed by atoms with Crippen molar-refractivity contribution in [2.45, 2.75) is 12.6 Å². The average molecular weight is 361 g/mol. The normalized spacial score (nSPS) is 12.6. The lowest BCUT2D eigenvalue weighted by molar-refractivity contribution is 0.182. The van der Waals surface area contributed by atoms with E-state index in [2.05, 4.69) is 31.4 Å². The predicted molar refractivity (Wildman–Crippen MR) is 80.2 cm³/mol. The van der Waals surface area contributed by atoms with Crippen molar-refractivity contribution in [3.8, 4) is 0 Å². The molecular weight excluding hydrogens is 346 g/mol. The number of hydrogen-bond donors (Lipinski definition) is 2. The third-order valence-electron chi connectivity index (χ3n) is 2.90. The molecule has 2 rings (SSSR count). The maximum absolute atomic E-state index is 6.20. The van der Waals surface area contributed by atoms with Gasteiger partial charge in [0.15, 0.2) is 0 Å². The monoisotopic (exact) mass is 359 g/mol. The van der Waals surface area contributed by atoms with E-state index in [1.54, 1.807) is 25.7 Å². The number of ether oxygens (including phenoxy) is 1. The van der Waals surface area contributed by atoms with Crippen LogP contribution in [-0.4, -0.2) is 28.5 Å². The Morgan fingerprint density at radius 2 is 2.35 bits per heavy atom. The lowest BCUT2D eigenvalue weighted by atomic mass is 10.1. The number of rotatable bonds is 6. The van der Waals surface area contributed by atoms with Crippen molar-refractivity contribution in [3.63, 3.8) is 0 Å². The predicted octanol–water partition coefficient (Wildman–Crippen LogP) is 1.89. The standard InChI is InChI=1S/C12H15BrClN5O/c1-20-5-4-19-12(9(13)6-17-19)11(18-15)8-2-3-16-7-10(8)14/h2-3,6-7,11,18H,4-5,15H2,1H3. The first-order chi connectivity index (χ1) is 9.69. The van der Waals surface area contributed by atoms with Crippen LogP contribution in [0.15, 0.2) is 29.1 Å². The highest BCUT2D eigenvalue weighted by atomic mass is 79.9. The quantitative estimate of drug-likeness (QED) is 0.607. The second-order valence-corrected chi connectivity index (χ2v) is 5.35. The Morgan fingerprint density at radius 1 is 1.55 bits per heavy atom. The maximum atomic E-state index is 6.20. The van der Waals surface area contributed by atoms with Crippen LogP contribution in [0, 0.1) is 0 Å². The van der Waals surface area contributed by atoms with Crippen molar-refractivity contribution < 1.29 is 4.74 Å². The highest BCUT2D eigenvalue weighted by Gasteiger charge is 2.22. The molecule has 0 amide bonds. The van der Waals surface area contributed by atoms with E-state index in [1.807, 2.05) is 10.7 Å². The fourth-order valence-electron chi connectivity index (χ4n) is 1.95. The molecular formula is C12H15BrClN5O. The lowest BCUT2D eigenvalue weighted by Crippen LogP contribution is -2.31. The van der Waals surface area contributed by atoms with Crippen LogP contribution in [0.3, 0.4) is 0 Å². The number of halogens is 2. The Labute approximate surface area is 130 Å². The third-order valence-corrected chi connectivity index (χ3v) is 3.82. The highest BCUT2D eigenvalue weighted by molar-refractivity contribution is 9.10. The molecule has 0 saturated heterocycles. The van der Waals surface area contributed by atoms with Gasteiger partial charge < -0.3 is 4.74 Å². The molecule has 0 aliphatic rings. The number of hydrogen-bond acceptors (Lipinski definition) is 5. The Bertz CT molecular complexity index is 577. The van der Waals surface area contributed by atoms with Gasteiger partial charge in [0.2, 0.25) is 0 Å². The largest absolute Gasteiger partial charge is 0.383 e. The highest BCUT2D eigenvalue weighted by Crippen LogP contribution is 2.31. The summed E-state index contributed by atoms with van der Waals surface area (Å²) in [5, 5.41) is 4.86. The van der Waals surface area contributed by atoms with Gasteiger partial charge >= 0.3 is 0 Å². The lowest BCUT2D eigenvalue weighted by Gasteiger charge is -2.19. The van der Waals surface area contributed by atoms with Gasteiger partial charge in [-0.3, -0.25) is 15.5 Å². The van der Waals surface area contributed by atoms with Crippen LogP contribution in [0.1, 0.15) is 17.3 Å². The molecule has 0 fully saturated rings. The molecule has 0 bridgehead atoms. The third kappa shape index (κ3) is 3.18. The van der Waals surface area contributed by atoms with E-state index in [0.717, 1.165) is 15.7 Å². The molecule has 2 aromatic heterocycles. The molecule has 1 atom stereocenters. The van der Waals surface area contributed by atoms with Crippen LogP contribution in [0.2, 0.25) is 5.02 Å². The molecule has 6 nitrogen and oxygen atoms in total. The number of hydrazine groups is 1. The number of nitrogens with one attached hydrogen (secondary N) is 1. The Balaban J connectivity index is 2.42. The summed E-state index contributed by atoms with van der Waals surface area (Å²) in [6.45, 7) is 1.18. The average Bonchev–Trinajstić information content (AvgIpc) is 2.81. The summed E-state index contributed by atoms with van der Waals surface area (Å²) in [6.07, 6.45) is 4.99. The van der Waals surface area contributed by atoms with Gasteiger partial charge in [0.05, 0.1) is 40.6 Å². The molecule has 0 aliphatic heterocycles. The molecule has 0 aromatic carbocycles. The summed E-state index contributed by atoms with van der Waals surface area (Å²) in [7, 11) is 1.65. The molecule has 20 heavy (non-hydrogen) atoms. The van der Waals surface area contributed by atoms with Crippen LogP contribution in [0.4, 0.5) is 0 Å². The van der Waals surface area contributed by atoms with Crippen LogP contribution in [0.5, 0.6) is 0 Å². The van der Waals surface area contributed by atoms with Crippen molar-refractivity contribution in [1.82, 2.24) is 20.2 Å². The number of pyridine rings is 1. The van der Waals surface area contributed by atoms with Gasteiger partial charge in [0, 0.05) is 19.5 Å². The number of nitrogens with two attached hydrogens (primary N) is 1. The van der Waals surface area contributed by atoms with Gasteiger partial charge in [0.25, 0.3) is 0 Å². The van der Waals surface area contributed by atoms with E-state index in [0.29, 0.717) is 18.2 Å². The fourth-order valence-corrected chi connectivity index (χ4v) is 2.70. The van der Waals surface area contributed by atoms with Gasteiger partial charge in [-0.05, 0) is 27.6 Å². The smallest absolute Gasteiger partial charge is 0.0905 e. The SMILES string of the molecule is COCCn1ncc(Br)c1C(NN)c1ccncc1Cl. The summed E-state index contributed by atoms with van der Waals surface area (Å²) in [4.78, 5) is 3.98. The molecule has 8 heteroatoms. The Kier molecular flexibility index (Phi) is 5.50.